The summed E-state index contributed by atoms with van der Waals surface area (Å²) in [6.45, 7) is 6.52. The van der Waals surface area contributed by atoms with Crippen LogP contribution < -0.4 is 11.1 Å². The number of aromatic nitrogens is 4. The number of nitrogens with one attached hydrogen (secondary N) is 2. The van der Waals surface area contributed by atoms with E-state index in [0.717, 1.165) is 11.2 Å². The quantitative estimate of drug-likeness (QED) is 0.431. The van der Waals surface area contributed by atoms with E-state index in [1.165, 1.54) is 6.33 Å². The number of imidazole rings is 1. The van der Waals surface area contributed by atoms with Gasteiger partial charge in [0.05, 0.1) is 12.9 Å². The van der Waals surface area contributed by atoms with Crippen molar-refractivity contribution in [1.29, 1.82) is 0 Å². The maximum atomic E-state index is 6.00. The van der Waals surface area contributed by atoms with Crippen LogP contribution in [0.25, 0.3) is 11.2 Å². The zero-order chi connectivity index (χ0) is 15.9. The third-order valence-electron chi connectivity index (χ3n) is 2.98. The average molecular weight is 299 g/mol. The largest absolute Gasteiger partial charge is 0.386 e. The van der Waals surface area contributed by atoms with E-state index in [4.69, 9.17) is 5.73 Å². The van der Waals surface area contributed by atoms with Gasteiger partial charge < -0.3 is 16.0 Å². The molecule has 0 fully saturated rings. The Morgan fingerprint density at radius 2 is 2.23 bits per heavy atom. The van der Waals surface area contributed by atoms with Gasteiger partial charge in [0, 0.05) is 5.70 Å². The molecule has 7 heteroatoms. The summed E-state index contributed by atoms with van der Waals surface area (Å²) in [6, 6.07) is 0. The van der Waals surface area contributed by atoms with Crippen LogP contribution in [-0.2, 0) is 0 Å². The van der Waals surface area contributed by atoms with Gasteiger partial charge in [-0.2, -0.15) is 0 Å². The van der Waals surface area contributed by atoms with Crippen molar-refractivity contribution < 1.29 is 0 Å². The Balaban J connectivity index is 2.10. The van der Waals surface area contributed by atoms with Crippen LogP contribution in [0.1, 0.15) is 20.8 Å². The van der Waals surface area contributed by atoms with Crippen molar-refractivity contribution in [2.24, 2.45) is 16.6 Å². The lowest BCUT2D eigenvalue weighted by atomic mass is 10.1. The second-order valence-corrected chi connectivity index (χ2v) is 5.05. The fraction of sp³-hybridized carbons (Fsp3) is 0.333. The number of amidine groups is 1. The minimum atomic E-state index is 0.299. The fourth-order valence-corrected chi connectivity index (χ4v) is 1.83. The average Bonchev–Trinajstić information content (AvgIpc) is 2.98. The Morgan fingerprint density at radius 1 is 1.41 bits per heavy atom. The van der Waals surface area contributed by atoms with Crippen LogP contribution in [0, 0.1) is 5.92 Å². The maximum absolute atomic E-state index is 6.00. The minimum Gasteiger partial charge on any atom is -0.386 e. The number of hydrogen-bond donors (Lipinski definition) is 3. The molecule has 2 rings (SSSR count). The summed E-state index contributed by atoms with van der Waals surface area (Å²) < 4.78 is 0. The molecule has 0 unspecified atom stereocenters. The Hall–Kier alpha value is -2.70. The van der Waals surface area contributed by atoms with E-state index < -0.39 is 0 Å². The molecule has 0 atom stereocenters. The Bertz CT molecular complexity index is 710. The first-order chi connectivity index (χ1) is 10.6. The molecule has 0 aliphatic rings. The summed E-state index contributed by atoms with van der Waals surface area (Å²) in [5.74, 6) is 1.45. The number of H-pyrrole nitrogens is 1. The SMILES string of the molecule is C/C=C\C=C(\N=C(N)CNc1ncnc2nc[nH]c12)C(C)C. The Morgan fingerprint density at radius 3 is 2.95 bits per heavy atom. The lowest BCUT2D eigenvalue weighted by Gasteiger charge is -2.09. The molecule has 0 amide bonds. The normalized spacial score (nSPS) is 13.5. The smallest absolute Gasteiger partial charge is 0.182 e. The van der Waals surface area contributed by atoms with Gasteiger partial charge in [-0.05, 0) is 18.9 Å². The second-order valence-electron chi connectivity index (χ2n) is 5.05. The molecule has 116 valence electrons. The summed E-state index contributed by atoms with van der Waals surface area (Å²) >= 11 is 0. The van der Waals surface area contributed by atoms with E-state index in [9.17, 15) is 0 Å². The predicted molar refractivity (Wildman–Crippen MR) is 89.5 cm³/mol. The summed E-state index contributed by atoms with van der Waals surface area (Å²) in [4.78, 5) is 19.8. The summed E-state index contributed by atoms with van der Waals surface area (Å²) in [6.07, 6.45) is 8.93. The standard InChI is InChI=1S/C15H21N7/c1-4-5-6-11(10(2)3)22-12(16)7-17-14-13-15(19-8-18-13)21-9-20-14/h4-6,8-10H,7H2,1-3H3,(H2,16,22)(H2,17,18,19,20,21)/b5-4-,11-6+. The summed E-state index contributed by atoms with van der Waals surface area (Å²) in [5, 5.41) is 3.15. The molecule has 0 aliphatic heterocycles. The van der Waals surface area contributed by atoms with Crippen LogP contribution >= 0.6 is 0 Å². The molecule has 0 aromatic carbocycles. The molecule has 0 bridgehead atoms. The zero-order valence-corrected chi connectivity index (χ0v) is 13.0. The van der Waals surface area contributed by atoms with Gasteiger partial charge in [0.15, 0.2) is 11.5 Å². The summed E-state index contributed by atoms with van der Waals surface area (Å²) in [5.41, 5.74) is 8.31. The van der Waals surface area contributed by atoms with Gasteiger partial charge in [0.25, 0.3) is 0 Å². The molecule has 22 heavy (non-hydrogen) atoms. The predicted octanol–water partition coefficient (Wildman–Crippen LogP) is 2.24. The molecule has 2 aromatic rings. The molecule has 0 radical (unpaired) electrons. The van der Waals surface area contributed by atoms with Crippen LogP contribution in [0.2, 0.25) is 0 Å². The monoisotopic (exact) mass is 299 g/mol. The van der Waals surface area contributed by atoms with Crippen molar-refractivity contribution in [2.45, 2.75) is 20.8 Å². The minimum absolute atomic E-state index is 0.299. The van der Waals surface area contributed by atoms with Crippen molar-refractivity contribution in [1.82, 2.24) is 19.9 Å². The number of nitrogens with zero attached hydrogens (tertiary/aromatic N) is 4. The summed E-state index contributed by atoms with van der Waals surface area (Å²) in [7, 11) is 0. The van der Waals surface area contributed by atoms with Crippen molar-refractivity contribution >= 4 is 22.8 Å². The fourth-order valence-electron chi connectivity index (χ4n) is 1.83. The van der Waals surface area contributed by atoms with Gasteiger partial charge in [0.2, 0.25) is 0 Å². The highest BCUT2D eigenvalue weighted by Crippen LogP contribution is 2.14. The van der Waals surface area contributed by atoms with E-state index in [2.05, 4.69) is 44.1 Å². The Kier molecular flexibility index (Phi) is 5.24. The molecular formula is C15H21N7. The molecule has 0 saturated carbocycles. The molecule has 0 saturated heterocycles. The topological polar surface area (TPSA) is 105 Å². The maximum Gasteiger partial charge on any atom is 0.182 e. The third kappa shape index (κ3) is 3.91. The molecule has 7 nitrogen and oxygen atoms in total. The lowest BCUT2D eigenvalue weighted by molar-refractivity contribution is 0.757. The number of rotatable bonds is 6. The van der Waals surface area contributed by atoms with Crippen LogP contribution in [0.5, 0.6) is 0 Å². The molecule has 0 aliphatic carbocycles. The number of aliphatic imine (C=N–C) groups is 1. The molecule has 0 spiro atoms. The van der Waals surface area contributed by atoms with Gasteiger partial charge in [-0.1, -0.05) is 26.0 Å². The number of aromatic amines is 1. The van der Waals surface area contributed by atoms with Crippen molar-refractivity contribution in [3.63, 3.8) is 0 Å². The van der Waals surface area contributed by atoms with E-state index in [1.54, 1.807) is 6.33 Å². The van der Waals surface area contributed by atoms with E-state index in [1.807, 2.05) is 25.2 Å². The number of allylic oxidation sites excluding steroid dienone is 4. The number of anilines is 1. The first-order valence-corrected chi connectivity index (χ1v) is 7.15. The van der Waals surface area contributed by atoms with Crippen LogP contribution in [0.15, 0.2) is 41.6 Å². The highest BCUT2D eigenvalue weighted by molar-refractivity contribution is 5.88. The van der Waals surface area contributed by atoms with Gasteiger partial charge in [0.1, 0.15) is 17.7 Å². The van der Waals surface area contributed by atoms with Gasteiger partial charge in [-0.25, -0.2) is 19.9 Å². The van der Waals surface area contributed by atoms with E-state index in [-0.39, 0.29) is 0 Å². The van der Waals surface area contributed by atoms with Crippen LogP contribution in [0.3, 0.4) is 0 Å². The van der Waals surface area contributed by atoms with Gasteiger partial charge >= 0.3 is 0 Å². The lowest BCUT2D eigenvalue weighted by Crippen LogP contribution is -2.23. The first-order valence-electron chi connectivity index (χ1n) is 7.15. The Labute approximate surface area is 129 Å². The van der Waals surface area contributed by atoms with Crippen LogP contribution in [0.4, 0.5) is 5.82 Å². The van der Waals surface area contributed by atoms with Crippen molar-refractivity contribution in [3.8, 4) is 0 Å². The number of nitrogens with two attached hydrogens (primary N) is 1. The highest BCUT2D eigenvalue weighted by atomic mass is 15.1. The molecule has 2 aromatic heterocycles. The van der Waals surface area contributed by atoms with Gasteiger partial charge in [-0.15, -0.1) is 0 Å². The molecule has 4 N–H and O–H groups in total. The highest BCUT2D eigenvalue weighted by Gasteiger charge is 2.06. The zero-order valence-electron chi connectivity index (χ0n) is 13.0. The van der Waals surface area contributed by atoms with E-state index >= 15 is 0 Å². The second kappa shape index (κ2) is 7.35. The third-order valence-corrected chi connectivity index (χ3v) is 2.98. The van der Waals surface area contributed by atoms with E-state index in [0.29, 0.717) is 29.8 Å². The first kappa shape index (κ1) is 15.7. The van der Waals surface area contributed by atoms with Crippen LogP contribution in [-0.4, -0.2) is 32.3 Å². The molecule has 2 heterocycles. The van der Waals surface area contributed by atoms with Crippen molar-refractivity contribution in [2.75, 3.05) is 11.9 Å². The molecular weight excluding hydrogens is 278 g/mol. The van der Waals surface area contributed by atoms with Gasteiger partial charge in [-0.3, -0.25) is 0 Å². The van der Waals surface area contributed by atoms with Crippen molar-refractivity contribution in [3.05, 3.63) is 36.6 Å². The number of fused-ring (bicyclic) bond motifs is 1. The number of hydrogen-bond acceptors (Lipinski definition) is 5.